The number of hydrogen-bond acceptors (Lipinski definition) is 2. The first kappa shape index (κ1) is 10.0. The number of hydrogen-bond donors (Lipinski definition) is 2. The van der Waals surface area contributed by atoms with Gasteiger partial charge in [-0.25, -0.2) is 4.79 Å². The second-order valence-corrected chi connectivity index (χ2v) is 3.04. The van der Waals surface area contributed by atoms with Crippen LogP contribution in [0.3, 0.4) is 0 Å². The van der Waals surface area contributed by atoms with Gasteiger partial charge in [-0.2, -0.15) is 0 Å². The summed E-state index contributed by atoms with van der Waals surface area (Å²) in [7, 11) is 0. The van der Waals surface area contributed by atoms with Gasteiger partial charge in [0.05, 0.1) is 5.56 Å². The van der Waals surface area contributed by atoms with Crippen LogP contribution in [0.5, 0.6) is 0 Å². The van der Waals surface area contributed by atoms with Gasteiger partial charge in [0.25, 0.3) is 0 Å². The topological polar surface area (TPSA) is 49.3 Å². The lowest BCUT2D eigenvalue weighted by Crippen LogP contribution is -1.95. The Morgan fingerprint density at radius 1 is 1.38 bits per heavy atom. The summed E-state index contributed by atoms with van der Waals surface area (Å²) in [6, 6.07) is 6.57. The van der Waals surface area contributed by atoms with E-state index >= 15 is 0 Å². The van der Waals surface area contributed by atoms with Crippen LogP contribution in [-0.4, -0.2) is 11.1 Å². The van der Waals surface area contributed by atoms with Gasteiger partial charge < -0.3 is 10.4 Å². The summed E-state index contributed by atoms with van der Waals surface area (Å²) < 4.78 is 1.84. The Kier molecular flexibility index (Phi) is 3.75. The van der Waals surface area contributed by atoms with Crippen molar-refractivity contribution in [2.75, 3.05) is 5.32 Å². The molecule has 0 bridgehead atoms. The summed E-state index contributed by atoms with van der Waals surface area (Å²) in [5.74, 6) is -0.906. The molecule has 1 rings (SSSR count). The zero-order valence-electron chi connectivity index (χ0n) is 6.70. The van der Waals surface area contributed by atoms with Gasteiger partial charge in [-0.15, -0.1) is 0 Å². The fraction of sp³-hybridized carbons (Fsp3) is 0. The minimum atomic E-state index is -0.906. The van der Waals surface area contributed by atoms with E-state index in [1.807, 2.05) is 4.08 Å². The Morgan fingerprint density at radius 2 is 2.00 bits per heavy atom. The number of nitrogens with one attached hydrogen (secondary N) is 1. The summed E-state index contributed by atoms with van der Waals surface area (Å²) in [6.45, 7) is 0. The maximum absolute atomic E-state index is 10.5. The molecule has 0 aliphatic heterocycles. The van der Waals surface area contributed by atoms with Gasteiger partial charge in [0.15, 0.2) is 0 Å². The van der Waals surface area contributed by atoms with Gasteiger partial charge in [-0.3, -0.25) is 0 Å². The van der Waals surface area contributed by atoms with Gasteiger partial charge in [0.2, 0.25) is 0 Å². The van der Waals surface area contributed by atoms with Crippen LogP contribution in [0.1, 0.15) is 10.4 Å². The molecule has 0 fully saturated rings. The number of benzene rings is 1. The number of halogens is 1. The van der Waals surface area contributed by atoms with Crippen LogP contribution in [0.15, 0.2) is 34.5 Å². The quantitative estimate of drug-likeness (QED) is 0.841. The Bertz CT molecular complexity index is 319. The molecular weight excluding hydrogens is 281 g/mol. The molecule has 1 aromatic carbocycles. The van der Waals surface area contributed by atoms with Crippen molar-refractivity contribution >= 4 is 34.2 Å². The van der Waals surface area contributed by atoms with Gasteiger partial charge in [0.1, 0.15) is 0 Å². The molecule has 0 amide bonds. The molecule has 0 heterocycles. The van der Waals surface area contributed by atoms with Crippen LogP contribution in [0.4, 0.5) is 5.69 Å². The maximum atomic E-state index is 10.5. The van der Waals surface area contributed by atoms with Crippen LogP contribution in [0.2, 0.25) is 0 Å². The molecule has 68 valence electrons. The maximum Gasteiger partial charge on any atom is 0.335 e. The molecule has 0 spiro atoms. The summed E-state index contributed by atoms with van der Waals surface area (Å²) >= 11 is 2.09. The minimum absolute atomic E-state index is 0.295. The van der Waals surface area contributed by atoms with Crippen LogP contribution in [0.25, 0.3) is 0 Å². The number of anilines is 1. The average molecular weight is 289 g/mol. The van der Waals surface area contributed by atoms with E-state index in [0.29, 0.717) is 5.56 Å². The van der Waals surface area contributed by atoms with E-state index in [4.69, 9.17) is 5.11 Å². The SMILES string of the molecule is O=C(O)c1ccc(NC=CI)cc1. The molecule has 0 radical (unpaired) electrons. The third-order valence-corrected chi connectivity index (χ3v) is 1.80. The van der Waals surface area contributed by atoms with E-state index in [-0.39, 0.29) is 0 Å². The predicted octanol–water partition coefficient (Wildman–Crippen LogP) is 2.70. The molecule has 0 saturated carbocycles. The number of rotatable bonds is 3. The minimum Gasteiger partial charge on any atom is -0.478 e. The zero-order valence-corrected chi connectivity index (χ0v) is 8.86. The van der Waals surface area contributed by atoms with Crippen molar-refractivity contribution < 1.29 is 9.90 Å². The van der Waals surface area contributed by atoms with Crippen LogP contribution < -0.4 is 5.32 Å². The Hall–Kier alpha value is -1.04. The monoisotopic (exact) mass is 289 g/mol. The van der Waals surface area contributed by atoms with E-state index in [0.717, 1.165) is 5.69 Å². The smallest absolute Gasteiger partial charge is 0.335 e. The first-order valence-electron chi connectivity index (χ1n) is 3.59. The lowest BCUT2D eigenvalue weighted by atomic mass is 10.2. The molecule has 4 heteroatoms. The number of aromatic carboxylic acids is 1. The largest absolute Gasteiger partial charge is 0.478 e. The van der Waals surface area contributed by atoms with Crippen molar-refractivity contribution in [1.29, 1.82) is 0 Å². The van der Waals surface area contributed by atoms with E-state index in [1.165, 1.54) is 0 Å². The predicted molar refractivity (Wildman–Crippen MR) is 60.2 cm³/mol. The van der Waals surface area contributed by atoms with Gasteiger partial charge >= 0.3 is 5.97 Å². The first-order chi connectivity index (χ1) is 6.24. The van der Waals surface area contributed by atoms with Crippen LogP contribution >= 0.6 is 22.6 Å². The average Bonchev–Trinajstić information content (AvgIpc) is 2.15. The molecule has 0 aliphatic rings. The van der Waals surface area contributed by atoms with Crippen LogP contribution in [-0.2, 0) is 0 Å². The molecule has 0 atom stereocenters. The molecule has 3 nitrogen and oxygen atoms in total. The molecule has 2 N–H and O–H groups in total. The zero-order chi connectivity index (χ0) is 9.68. The van der Waals surface area contributed by atoms with Crippen molar-refractivity contribution in [3.8, 4) is 0 Å². The third-order valence-electron chi connectivity index (χ3n) is 1.44. The normalized spacial score (nSPS) is 10.2. The van der Waals surface area contributed by atoms with E-state index in [2.05, 4.69) is 27.9 Å². The van der Waals surface area contributed by atoms with E-state index in [9.17, 15) is 4.79 Å². The number of carboxylic acids is 1. The van der Waals surface area contributed by atoms with E-state index < -0.39 is 5.97 Å². The Morgan fingerprint density at radius 3 is 2.46 bits per heavy atom. The second-order valence-electron chi connectivity index (χ2n) is 2.32. The van der Waals surface area contributed by atoms with Gasteiger partial charge in [0, 0.05) is 11.9 Å². The van der Waals surface area contributed by atoms with Gasteiger partial charge in [-0.1, -0.05) is 22.6 Å². The summed E-state index contributed by atoms with van der Waals surface area (Å²) in [5.41, 5.74) is 1.17. The highest BCUT2D eigenvalue weighted by Crippen LogP contribution is 2.09. The Balaban J connectivity index is 2.75. The highest BCUT2D eigenvalue weighted by molar-refractivity contribution is 14.1. The lowest BCUT2D eigenvalue weighted by Gasteiger charge is -1.99. The second kappa shape index (κ2) is 4.86. The van der Waals surface area contributed by atoms with Crippen molar-refractivity contribution in [1.82, 2.24) is 0 Å². The first-order valence-corrected chi connectivity index (χ1v) is 4.83. The van der Waals surface area contributed by atoms with Crippen molar-refractivity contribution in [3.63, 3.8) is 0 Å². The lowest BCUT2D eigenvalue weighted by molar-refractivity contribution is 0.0697. The molecule has 13 heavy (non-hydrogen) atoms. The molecule has 0 unspecified atom stereocenters. The third kappa shape index (κ3) is 3.06. The van der Waals surface area contributed by atoms with Crippen molar-refractivity contribution in [2.45, 2.75) is 0 Å². The number of carbonyl (C=O) groups is 1. The molecule has 0 saturated heterocycles. The van der Waals surface area contributed by atoms with Crippen molar-refractivity contribution in [3.05, 3.63) is 40.1 Å². The molecule has 1 aromatic rings. The molecular formula is C9H8INO2. The fourth-order valence-corrected chi connectivity index (χ4v) is 1.02. The fourth-order valence-electron chi connectivity index (χ4n) is 0.837. The standard InChI is InChI=1S/C9H8INO2/c10-5-6-11-8-3-1-7(2-4-8)9(12)13/h1-6,11H,(H,12,13). The highest BCUT2D eigenvalue weighted by atomic mass is 127. The summed E-state index contributed by atoms with van der Waals surface area (Å²) in [4.78, 5) is 10.5. The Labute approximate surface area is 89.6 Å². The molecule has 0 aliphatic carbocycles. The number of carboxylic acid groups (broad SMARTS) is 1. The van der Waals surface area contributed by atoms with Gasteiger partial charge in [-0.05, 0) is 28.3 Å². The summed E-state index contributed by atoms with van der Waals surface area (Å²) in [5, 5.41) is 11.6. The highest BCUT2D eigenvalue weighted by Gasteiger charge is 1.99. The summed E-state index contributed by atoms with van der Waals surface area (Å²) in [6.07, 6.45) is 1.77. The van der Waals surface area contributed by atoms with Crippen LogP contribution in [0, 0.1) is 0 Å². The molecule has 0 aromatic heterocycles. The van der Waals surface area contributed by atoms with Crippen molar-refractivity contribution in [2.24, 2.45) is 0 Å². The van der Waals surface area contributed by atoms with E-state index in [1.54, 1.807) is 30.5 Å².